The van der Waals surface area contributed by atoms with E-state index >= 15 is 0 Å². The van der Waals surface area contributed by atoms with Crippen LogP contribution in [0.5, 0.6) is 0 Å². The molecule has 0 unspecified atom stereocenters. The predicted molar refractivity (Wildman–Crippen MR) is 70.3 cm³/mol. The van der Waals surface area contributed by atoms with Crippen LogP contribution < -0.4 is 5.32 Å². The number of nitrogens with zero attached hydrogens (tertiary/aromatic N) is 2. The molecular weight excluding hydrogens is 210 g/mol. The van der Waals surface area contributed by atoms with Crippen molar-refractivity contribution in [1.29, 1.82) is 0 Å². The van der Waals surface area contributed by atoms with Crippen LogP contribution >= 0.6 is 0 Å². The highest BCUT2D eigenvalue weighted by atomic mass is 15.3. The first kappa shape index (κ1) is 10.4. The summed E-state index contributed by atoms with van der Waals surface area (Å²) in [6, 6.07) is 6.65. The topological polar surface area (TPSA) is 29.9 Å². The van der Waals surface area contributed by atoms with Gasteiger partial charge in [0.05, 0.1) is 6.20 Å². The van der Waals surface area contributed by atoms with Crippen LogP contribution in [-0.2, 0) is 13.0 Å². The second kappa shape index (κ2) is 3.91. The Labute approximate surface area is 101 Å². The molecule has 1 N–H and O–H groups in total. The van der Waals surface area contributed by atoms with E-state index in [4.69, 9.17) is 0 Å². The van der Waals surface area contributed by atoms with Crippen LogP contribution in [0.15, 0.2) is 24.4 Å². The molecule has 0 spiro atoms. The van der Waals surface area contributed by atoms with Crippen molar-refractivity contribution in [2.45, 2.75) is 26.8 Å². The Morgan fingerprint density at radius 2 is 2.29 bits per heavy atom. The quantitative estimate of drug-likeness (QED) is 0.855. The normalized spacial score (nSPS) is 13.5. The van der Waals surface area contributed by atoms with E-state index in [1.165, 1.54) is 28.1 Å². The number of aromatic nitrogens is 2. The molecule has 1 aromatic carbocycles. The number of benzene rings is 1. The van der Waals surface area contributed by atoms with Crippen LogP contribution in [0.25, 0.3) is 11.1 Å². The standard InChI is InChI=1S/C14H17N3/c1-3-17-10(2)13(9-16-17)11-4-5-14-12(8-11)6-7-15-14/h4-5,8-9,15H,3,6-7H2,1-2H3. The van der Waals surface area contributed by atoms with Crippen LogP contribution in [0.2, 0.25) is 0 Å². The Bertz CT molecular complexity index is 555. The number of fused-ring (bicyclic) bond motifs is 1. The number of aryl methyl sites for hydroxylation is 1. The second-order valence-electron chi connectivity index (χ2n) is 4.51. The van der Waals surface area contributed by atoms with Crippen LogP contribution in [-0.4, -0.2) is 16.3 Å². The zero-order chi connectivity index (χ0) is 11.8. The minimum atomic E-state index is 0.929. The molecule has 1 aromatic heterocycles. The zero-order valence-corrected chi connectivity index (χ0v) is 10.3. The molecule has 2 aromatic rings. The minimum Gasteiger partial charge on any atom is -0.384 e. The molecule has 0 saturated carbocycles. The molecule has 0 fully saturated rings. The first-order chi connectivity index (χ1) is 8.29. The maximum absolute atomic E-state index is 4.41. The first-order valence-corrected chi connectivity index (χ1v) is 6.19. The molecular formula is C14H17N3. The molecule has 0 bridgehead atoms. The van der Waals surface area contributed by atoms with E-state index in [1.54, 1.807) is 0 Å². The fraction of sp³-hybridized carbons (Fsp3) is 0.357. The molecule has 1 aliphatic heterocycles. The maximum atomic E-state index is 4.41. The van der Waals surface area contributed by atoms with Crippen molar-refractivity contribution in [1.82, 2.24) is 9.78 Å². The molecule has 3 nitrogen and oxygen atoms in total. The number of nitrogens with one attached hydrogen (secondary N) is 1. The molecule has 2 heterocycles. The Balaban J connectivity index is 2.06. The average Bonchev–Trinajstić information content (AvgIpc) is 2.94. The van der Waals surface area contributed by atoms with E-state index in [0.717, 1.165) is 19.5 Å². The van der Waals surface area contributed by atoms with Crippen molar-refractivity contribution in [2.24, 2.45) is 0 Å². The number of hydrogen-bond acceptors (Lipinski definition) is 2. The van der Waals surface area contributed by atoms with Crippen molar-refractivity contribution in [3.63, 3.8) is 0 Å². The summed E-state index contributed by atoms with van der Waals surface area (Å²) in [4.78, 5) is 0. The van der Waals surface area contributed by atoms with Gasteiger partial charge in [-0.05, 0) is 43.5 Å². The third-order valence-corrected chi connectivity index (χ3v) is 3.53. The summed E-state index contributed by atoms with van der Waals surface area (Å²) >= 11 is 0. The third-order valence-electron chi connectivity index (χ3n) is 3.53. The van der Waals surface area contributed by atoms with Crippen LogP contribution in [0.4, 0.5) is 5.69 Å². The molecule has 0 saturated heterocycles. The Morgan fingerprint density at radius 3 is 3.06 bits per heavy atom. The number of anilines is 1. The van der Waals surface area contributed by atoms with Crippen molar-refractivity contribution in [3.8, 4) is 11.1 Å². The van der Waals surface area contributed by atoms with Gasteiger partial charge in [-0.1, -0.05) is 6.07 Å². The fourth-order valence-corrected chi connectivity index (χ4v) is 2.52. The number of rotatable bonds is 2. The molecule has 1 aliphatic rings. The third kappa shape index (κ3) is 1.62. The molecule has 0 aliphatic carbocycles. The van der Waals surface area contributed by atoms with Gasteiger partial charge < -0.3 is 5.32 Å². The lowest BCUT2D eigenvalue weighted by Crippen LogP contribution is -1.98. The highest BCUT2D eigenvalue weighted by molar-refractivity contribution is 5.71. The number of hydrogen-bond donors (Lipinski definition) is 1. The summed E-state index contributed by atoms with van der Waals surface area (Å²) in [5.74, 6) is 0. The Morgan fingerprint density at radius 1 is 1.41 bits per heavy atom. The Kier molecular flexibility index (Phi) is 2.39. The molecule has 88 valence electrons. The summed E-state index contributed by atoms with van der Waals surface area (Å²) in [5, 5.41) is 7.79. The van der Waals surface area contributed by atoms with Crippen LogP contribution in [0.3, 0.4) is 0 Å². The fourth-order valence-electron chi connectivity index (χ4n) is 2.52. The van der Waals surface area contributed by atoms with Crippen molar-refractivity contribution >= 4 is 5.69 Å². The van der Waals surface area contributed by atoms with Gasteiger partial charge in [0, 0.05) is 30.0 Å². The highest BCUT2D eigenvalue weighted by Gasteiger charge is 2.13. The van der Waals surface area contributed by atoms with Crippen molar-refractivity contribution in [2.75, 3.05) is 11.9 Å². The molecule has 17 heavy (non-hydrogen) atoms. The van der Waals surface area contributed by atoms with Gasteiger partial charge in [0.1, 0.15) is 0 Å². The maximum Gasteiger partial charge on any atom is 0.0571 e. The highest BCUT2D eigenvalue weighted by Crippen LogP contribution is 2.29. The van der Waals surface area contributed by atoms with Gasteiger partial charge >= 0.3 is 0 Å². The van der Waals surface area contributed by atoms with Gasteiger partial charge in [-0.3, -0.25) is 4.68 Å². The minimum absolute atomic E-state index is 0.929. The first-order valence-electron chi connectivity index (χ1n) is 6.19. The van der Waals surface area contributed by atoms with E-state index in [1.807, 2.05) is 10.9 Å². The van der Waals surface area contributed by atoms with E-state index in [-0.39, 0.29) is 0 Å². The summed E-state index contributed by atoms with van der Waals surface area (Å²) in [5.41, 5.74) is 6.49. The van der Waals surface area contributed by atoms with Gasteiger partial charge in [0.15, 0.2) is 0 Å². The lowest BCUT2D eigenvalue weighted by molar-refractivity contribution is 0.640. The monoisotopic (exact) mass is 227 g/mol. The SMILES string of the molecule is CCn1ncc(-c2ccc3c(c2)CCN3)c1C. The zero-order valence-electron chi connectivity index (χ0n) is 10.3. The van der Waals surface area contributed by atoms with E-state index < -0.39 is 0 Å². The summed E-state index contributed by atoms with van der Waals surface area (Å²) in [7, 11) is 0. The molecule has 3 rings (SSSR count). The van der Waals surface area contributed by atoms with E-state index in [9.17, 15) is 0 Å². The lowest BCUT2D eigenvalue weighted by Gasteiger charge is -2.05. The Hall–Kier alpha value is -1.77. The summed E-state index contributed by atoms with van der Waals surface area (Å²) < 4.78 is 2.04. The summed E-state index contributed by atoms with van der Waals surface area (Å²) in [6.07, 6.45) is 3.10. The van der Waals surface area contributed by atoms with Gasteiger partial charge in [-0.2, -0.15) is 5.10 Å². The summed E-state index contributed by atoms with van der Waals surface area (Å²) in [6.45, 7) is 6.25. The van der Waals surface area contributed by atoms with E-state index in [2.05, 4.69) is 42.5 Å². The largest absolute Gasteiger partial charge is 0.384 e. The van der Waals surface area contributed by atoms with Gasteiger partial charge in [0.25, 0.3) is 0 Å². The van der Waals surface area contributed by atoms with Gasteiger partial charge in [0.2, 0.25) is 0 Å². The molecule has 0 atom stereocenters. The lowest BCUT2D eigenvalue weighted by atomic mass is 10.0. The smallest absolute Gasteiger partial charge is 0.0571 e. The second-order valence-corrected chi connectivity index (χ2v) is 4.51. The van der Waals surface area contributed by atoms with Crippen LogP contribution in [0.1, 0.15) is 18.2 Å². The molecule has 0 radical (unpaired) electrons. The predicted octanol–water partition coefficient (Wildman–Crippen LogP) is 2.85. The molecule has 3 heteroatoms. The van der Waals surface area contributed by atoms with Gasteiger partial charge in [-0.15, -0.1) is 0 Å². The van der Waals surface area contributed by atoms with Crippen molar-refractivity contribution in [3.05, 3.63) is 35.7 Å². The van der Waals surface area contributed by atoms with Gasteiger partial charge in [-0.25, -0.2) is 0 Å². The van der Waals surface area contributed by atoms with Crippen molar-refractivity contribution < 1.29 is 0 Å². The molecule has 0 amide bonds. The van der Waals surface area contributed by atoms with Crippen LogP contribution in [0, 0.1) is 6.92 Å². The van der Waals surface area contributed by atoms with E-state index in [0.29, 0.717) is 0 Å². The average molecular weight is 227 g/mol.